The second-order valence-electron chi connectivity index (χ2n) is 10.4. The number of para-hydroxylation sites is 1. The Kier molecular flexibility index (Phi) is 8.02. The number of carbonyl (C=O) groups excluding carboxylic acids is 1. The molecule has 202 valence electrons. The number of nitrogens with one attached hydrogen (secondary N) is 1. The largest absolute Gasteiger partial charge is 0.454 e. The highest BCUT2D eigenvalue weighted by Gasteiger charge is 2.28. The molecule has 0 aromatic heterocycles. The summed E-state index contributed by atoms with van der Waals surface area (Å²) < 4.78 is 39.9. The second-order valence-corrected chi connectivity index (χ2v) is 12.2. The van der Waals surface area contributed by atoms with Gasteiger partial charge >= 0.3 is 0 Å². The fourth-order valence-electron chi connectivity index (χ4n) is 4.75. The predicted molar refractivity (Wildman–Crippen MR) is 151 cm³/mol. The Balaban J connectivity index is 1.65. The van der Waals surface area contributed by atoms with Gasteiger partial charge in [0.05, 0.1) is 10.6 Å². The van der Waals surface area contributed by atoms with Crippen LogP contribution in [0.25, 0.3) is 0 Å². The highest BCUT2D eigenvalue weighted by Crippen LogP contribution is 2.36. The molecule has 38 heavy (non-hydrogen) atoms. The number of hydrogen-bond acceptors (Lipinski definition) is 5. The number of amides is 1. The Morgan fingerprint density at radius 2 is 1.50 bits per heavy atom. The lowest BCUT2D eigenvalue weighted by molar-refractivity contribution is -0.116. The lowest BCUT2D eigenvalue weighted by atomic mass is 9.92. The van der Waals surface area contributed by atoms with E-state index < -0.39 is 10.0 Å². The Morgan fingerprint density at radius 3 is 2.11 bits per heavy atom. The molecule has 0 saturated carbocycles. The van der Waals surface area contributed by atoms with E-state index in [0.717, 1.165) is 27.9 Å². The summed E-state index contributed by atoms with van der Waals surface area (Å²) in [5, 5.41) is 3.10. The third-order valence-corrected chi connectivity index (χ3v) is 8.43. The van der Waals surface area contributed by atoms with Gasteiger partial charge in [0.15, 0.2) is 11.5 Å². The van der Waals surface area contributed by atoms with Gasteiger partial charge in [0.1, 0.15) is 0 Å². The Morgan fingerprint density at radius 1 is 0.895 bits per heavy atom. The van der Waals surface area contributed by atoms with E-state index in [2.05, 4.69) is 33.0 Å². The number of benzene rings is 3. The van der Waals surface area contributed by atoms with Gasteiger partial charge < -0.3 is 14.8 Å². The van der Waals surface area contributed by atoms with E-state index in [-0.39, 0.29) is 42.4 Å². The SMILES string of the molecule is Cc1cc(C)cc(N(CCC(=O)Nc2c(C(C)C)cccc2C(C)C)S(=O)(=O)c2ccc3c(c2)OCO3)c1. The predicted octanol–water partition coefficient (Wildman–Crippen LogP) is 6.50. The number of fused-ring (bicyclic) bond motifs is 1. The van der Waals surface area contributed by atoms with E-state index in [1.165, 1.54) is 16.4 Å². The highest BCUT2D eigenvalue weighted by atomic mass is 32.2. The molecule has 0 spiro atoms. The summed E-state index contributed by atoms with van der Waals surface area (Å²) in [6.07, 6.45) is -0.0132. The number of nitrogens with zero attached hydrogens (tertiary/aromatic N) is 1. The molecule has 0 bridgehead atoms. The van der Waals surface area contributed by atoms with Crippen LogP contribution in [0.3, 0.4) is 0 Å². The minimum atomic E-state index is -4.00. The van der Waals surface area contributed by atoms with Crippen molar-refractivity contribution >= 4 is 27.3 Å². The van der Waals surface area contributed by atoms with E-state index in [1.54, 1.807) is 6.07 Å². The number of rotatable bonds is 9. The summed E-state index contributed by atoms with van der Waals surface area (Å²) in [7, 11) is -4.00. The molecule has 0 radical (unpaired) electrons. The lowest BCUT2D eigenvalue weighted by Gasteiger charge is -2.26. The average molecular weight is 537 g/mol. The van der Waals surface area contributed by atoms with Crippen LogP contribution in [0.15, 0.2) is 59.5 Å². The van der Waals surface area contributed by atoms with Gasteiger partial charge in [-0.05, 0) is 72.2 Å². The molecule has 0 fully saturated rings. The standard InChI is InChI=1S/C30H36N2O5S/c1-19(2)25-8-7-9-26(20(3)4)30(25)31-29(33)12-13-32(23-15-21(5)14-22(6)16-23)38(34,35)24-10-11-27-28(17-24)37-18-36-27/h7-11,14-17,19-20H,12-13,18H2,1-6H3,(H,31,33). The van der Waals surface area contributed by atoms with Crippen molar-refractivity contribution in [3.05, 3.63) is 76.9 Å². The molecule has 1 aliphatic rings. The molecule has 7 nitrogen and oxygen atoms in total. The zero-order chi connectivity index (χ0) is 27.6. The highest BCUT2D eigenvalue weighted by molar-refractivity contribution is 7.92. The molecule has 3 aromatic carbocycles. The summed E-state index contributed by atoms with van der Waals surface area (Å²) in [5.41, 5.74) is 5.32. The van der Waals surface area contributed by atoms with Gasteiger partial charge in [-0.2, -0.15) is 0 Å². The maximum absolute atomic E-state index is 13.9. The van der Waals surface area contributed by atoms with Crippen molar-refractivity contribution in [2.45, 2.75) is 64.7 Å². The molecule has 0 unspecified atom stereocenters. The minimum Gasteiger partial charge on any atom is -0.454 e. The van der Waals surface area contributed by atoms with Gasteiger partial charge in [0, 0.05) is 24.7 Å². The van der Waals surface area contributed by atoms with E-state index >= 15 is 0 Å². The summed E-state index contributed by atoms with van der Waals surface area (Å²) >= 11 is 0. The zero-order valence-corrected chi connectivity index (χ0v) is 23.7. The van der Waals surface area contributed by atoms with Gasteiger partial charge in [-0.1, -0.05) is 52.0 Å². The first-order valence-electron chi connectivity index (χ1n) is 12.9. The Labute approximate surface area is 225 Å². The van der Waals surface area contributed by atoms with E-state index in [9.17, 15) is 13.2 Å². The first-order valence-corrected chi connectivity index (χ1v) is 14.3. The number of hydrogen-bond donors (Lipinski definition) is 1. The van der Waals surface area contributed by atoms with Crippen LogP contribution in [0.2, 0.25) is 0 Å². The van der Waals surface area contributed by atoms with Crippen molar-refractivity contribution in [2.24, 2.45) is 0 Å². The van der Waals surface area contributed by atoms with Crippen LogP contribution < -0.4 is 19.1 Å². The summed E-state index contributed by atoms with van der Waals surface area (Å²) in [6.45, 7) is 12.2. The summed E-state index contributed by atoms with van der Waals surface area (Å²) in [4.78, 5) is 13.4. The van der Waals surface area contributed by atoms with Crippen molar-refractivity contribution in [2.75, 3.05) is 23.0 Å². The fourth-order valence-corrected chi connectivity index (χ4v) is 6.21. The zero-order valence-electron chi connectivity index (χ0n) is 22.9. The van der Waals surface area contributed by atoms with Crippen molar-refractivity contribution in [1.29, 1.82) is 0 Å². The quantitative estimate of drug-likeness (QED) is 0.337. The van der Waals surface area contributed by atoms with Crippen LogP contribution in [0, 0.1) is 13.8 Å². The van der Waals surface area contributed by atoms with E-state index in [1.807, 2.05) is 50.2 Å². The molecular weight excluding hydrogens is 500 g/mol. The molecule has 1 N–H and O–H groups in total. The molecule has 0 atom stereocenters. The first-order chi connectivity index (χ1) is 18.0. The summed E-state index contributed by atoms with van der Waals surface area (Å²) in [6, 6.07) is 16.3. The average Bonchev–Trinajstić information content (AvgIpc) is 3.31. The molecule has 1 aliphatic heterocycles. The molecule has 0 aliphatic carbocycles. The molecule has 1 amide bonds. The van der Waals surface area contributed by atoms with Crippen LogP contribution in [0.1, 0.15) is 68.2 Å². The van der Waals surface area contributed by atoms with Crippen LogP contribution >= 0.6 is 0 Å². The van der Waals surface area contributed by atoms with E-state index in [4.69, 9.17) is 9.47 Å². The third-order valence-electron chi connectivity index (χ3n) is 6.61. The Hall–Kier alpha value is -3.52. The van der Waals surface area contributed by atoms with Gasteiger partial charge in [0.25, 0.3) is 10.0 Å². The van der Waals surface area contributed by atoms with Crippen molar-refractivity contribution in [1.82, 2.24) is 0 Å². The van der Waals surface area contributed by atoms with Crippen LogP contribution in [0.5, 0.6) is 11.5 Å². The summed E-state index contributed by atoms with van der Waals surface area (Å²) in [5.74, 6) is 1.10. The molecule has 8 heteroatoms. The molecule has 3 aromatic rings. The smallest absolute Gasteiger partial charge is 0.264 e. The normalized spacial score (nSPS) is 12.7. The lowest BCUT2D eigenvalue weighted by Crippen LogP contribution is -2.34. The van der Waals surface area contributed by atoms with Gasteiger partial charge in [-0.3, -0.25) is 9.10 Å². The van der Waals surface area contributed by atoms with Crippen LogP contribution in [-0.2, 0) is 14.8 Å². The topological polar surface area (TPSA) is 84.9 Å². The minimum absolute atomic E-state index is 0.0132. The van der Waals surface area contributed by atoms with Crippen molar-refractivity contribution in [3.63, 3.8) is 0 Å². The van der Waals surface area contributed by atoms with Gasteiger partial charge in [-0.15, -0.1) is 0 Å². The van der Waals surface area contributed by atoms with Crippen LogP contribution in [-0.4, -0.2) is 27.7 Å². The fraction of sp³-hybridized carbons (Fsp3) is 0.367. The molecule has 1 heterocycles. The number of aryl methyl sites for hydroxylation is 2. The number of carbonyl (C=O) groups is 1. The van der Waals surface area contributed by atoms with Gasteiger partial charge in [-0.25, -0.2) is 8.42 Å². The maximum atomic E-state index is 13.9. The molecular formula is C30H36N2O5S. The van der Waals surface area contributed by atoms with Crippen LogP contribution in [0.4, 0.5) is 11.4 Å². The number of ether oxygens (including phenoxy) is 2. The van der Waals surface area contributed by atoms with Gasteiger partial charge in [0.2, 0.25) is 12.7 Å². The second kappa shape index (κ2) is 11.1. The van der Waals surface area contributed by atoms with Crippen molar-refractivity contribution in [3.8, 4) is 11.5 Å². The number of anilines is 2. The number of sulfonamides is 1. The Bertz CT molecular complexity index is 1400. The molecule has 4 rings (SSSR count). The monoisotopic (exact) mass is 536 g/mol. The third kappa shape index (κ3) is 5.80. The van der Waals surface area contributed by atoms with E-state index in [0.29, 0.717) is 17.2 Å². The first kappa shape index (κ1) is 27.5. The van der Waals surface area contributed by atoms with Crippen molar-refractivity contribution < 1.29 is 22.7 Å². The molecule has 0 saturated heterocycles. The maximum Gasteiger partial charge on any atom is 0.264 e.